The van der Waals surface area contributed by atoms with Gasteiger partial charge in [-0.25, -0.2) is 9.37 Å². The maximum atomic E-state index is 14.2. The van der Waals surface area contributed by atoms with Crippen molar-refractivity contribution in [2.75, 3.05) is 18.4 Å². The van der Waals surface area contributed by atoms with Gasteiger partial charge in [0.15, 0.2) is 0 Å². The van der Waals surface area contributed by atoms with E-state index in [1.807, 2.05) is 49.5 Å². The molecular weight excluding hydrogens is 479 g/mol. The zero-order valence-electron chi connectivity index (χ0n) is 19.6. The van der Waals surface area contributed by atoms with E-state index in [1.165, 1.54) is 29.2 Å². The maximum Gasteiger partial charge on any atom is 0.257 e. The van der Waals surface area contributed by atoms with Crippen molar-refractivity contribution >= 4 is 29.4 Å². The van der Waals surface area contributed by atoms with Crippen LogP contribution in [0.1, 0.15) is 15.9 Å². The first-order valence-corrected chi connectivity index (χ1v) is 11.6. The Bertz CT molecular complexity index is 1400. The minimum atomic E-state index is -0.653. The molecule has 0 aliphatic heterocycles. The van der Waals surface area contributed by atoms with E-state index in [1.54, 1.807) is 22.8 Å². The number of nitrogens with one attached hydrogen (secondary N) is 1. The van der Waals surface area contributed by atoms with Crippen molar-refractivity contribution in [3.8, 4) is 16.9 Å². The zero-order valence-corrected chi connectivity index (χ0v) is 20.4. The Kier molecular flexibility index (Phi) is 7.61. The number of hydrogen-bond acceptors (Lipinski definition) is 3. The quantitative estimate of drug-likeness (QED) is 0.305. The van der Waals surface area contributed by atoms with Gasteiger partial charge in [-0.2, -0.15) is 0 Å². The molecule has 1 heterocycles. The van der Waals surface area contributed by atoms with Crippen molar-refractivity contribution in [3.05, 3.63) is 114 Å². The highest BCUT2D eigenvalue weighted by molar-refractivity contribution is 6.30. The highest BCUT2D eigenvalue weighted by Crippen LogP contribution is 2.26. The van der Waals surface area contributed by atoms with E-state index >= 15 is 0 Å². The number of aromatic nitrogens is 2. The Morgan fingerprint density at radius 2 is 1.78 bits per heavy atom. The fraction of sp³-hybridized carbons (Fsp3) is 0.107. The van der Waals surface area contributed by atoms with Crippen LogP contribution in [-0.4, -0.2) is 39.4 Å². The number of nitrogens with zero attached hydrogens (tertiary/aromatic N) is 3. The average Bonchev–Trinajstić information content (AvgIpc) is 3.28. The molecule has 0 saturated heterocycles. The Hall–Kier alpha value is -4.23. The molecule has 4 aromatic rings. The second kappa shape index (κ2) is 11.0. The zero-order chi connectivity index (χ0) is 25.7. The van der Waals surface area contributed by atoms with Crippen molar-refractivity contribution in [3.63, 3.8) is 0 Å². The van der Waals surface area contributed by atoms with E-state index in [0.717, 1.165) is 16.8 Å². The summed E-state index contributed by atoms with van der Waals surface area (Å²) in [5.74, 6) is -1.46. The number of rotatable bonds is 8. The highest BCUT2D eigenvalue weighted by atomic mass is 35.5. The van der Waals surface area contributed by atoms with Gasteiger partial charge in [0.05, 0.1) is 11.3 Å². The lowest BCUT2D eigenvalue weighted by molar-refractivity contribution is -0.116. The molecule has 4 rings (SSSR count). The molecule has 3 aromatic carbocycles. The first kappa shape index (κ1) is 24.9. The number of anilines is 1. The number of halogens is 2. The van der Waals surface area contributed by atoms with E-state index in [-0.39, 0.29) is 24.6 Å². The third-order valence-electron chi connectivity index (χ3n) is 5.48. The molecule has 0 saturated carbocycles. The summed E-state index contributed by atoms with van der Waals surface area (Å²) in [7, 11) is 0. The lowest BCUT2D eigenvalue weighted by atomic mass is 10.2. The van der Waals surface area contributed by atoms with Crippen molar-refractivity contribution in [2.45, 2.75) is 6.92 Å². The third-order valence-corrected chi connectivity index (χ3v) is 5.74. The molecule has 2 amide bonds. The van der Waals surface area contributed by atoms with Gasteiger partial charge in [-0.1, -0.05) is 59.6 Å². The topological polar surface area (TPSA) is 67.2 Å². The van der Waals surface area contributed by atoms with Crippen LogP contribution in [0.15, 0.2) is 91.6 Å². The minimum absolute atomic E-state index is 0.0724. The highest BCUT2D eigenvalue weighted by Gasteiger charge is 2.22. The number of carbonyl (C=O) groups excluding carboxylic acids is 2. The third kappa shape index (κ3) is 5.70. The van der Waals surface area contributed by atoms with Crippen molar-refractivity contribution < 1.29 is 14.0 Å². The molecule has 0 bridgehead atoms. The lowest BCUT2D eigenvalue weighted by Gasteiger charge is -2.21. The molecule has 0 atom stereocenters. The van der Waals surface area contributed by atoms with E-state index in [9.17, 15) is 14.0 Å². The summed E-state index contributed by atoms with van der Waals surface area (Å²) < 4.78 is 15.9. The number of benzene rings is 3. The Balaban J connectivity index is 1.62. The summed E-state index contributed by atoms with van der Waals surface area (Å²) in [6.07, 6.45) is 3.30. The molecule has 182 valence electrons. The Morgan fingerprint density at radius 3 is 2.44 bits per heavy atom. The second-order valence-corrected chi connectivity index (χ2v) is 8.60. The number of carbonyl (C=O) groups is 2. The van der Waals surface area contributed by atoms with Gasteiger partial charge in [0.1, 0.15) is 12.4 Å². The number of amides is 2. The predicted molar refractivity (Wildman–Crippen MR) is 140 cm³/mol. The van der Waals surface area contributed by atoms with Crippen LogP contribution >= 0.6 is 11.6 Å². The van der Waals surface area contributed by atoms with Gasteiger partial charge in [-0.15, -0.1) is 6.58 Å². The largest absolute Gasteiger partial charge is 0.326 e. The first-order chi connectivity index (χ1) is 17.4. The molecule has 0 aliphatic carbocycles. The van der Waals surface area contributed by atoms with E-state index in [0.29, 0.717) is 10.7 Å². The monoisotopic (exact) mass is 502 g/mol. The standard InChI is InChI=1S/C28H24ClFN4O2/c1-3-16-33(27(36)23-6-4-5-7-24(23)30)18-26(35)32-28-31-25(20-10-12-21(29)13-11-20)17-34(28)22-14-8-19(2)9-15-22/h3-15,17H,1,16,18H2,2H3,(H,31,32,35). The molecule has 0 aliphatic rings. The van der Waals surface area contributed by atoms with E-state index in [4.69, 9.17) is 11.6 Å². The summed E-state index contributed by atoms with van der Waals surface area (Å²) in [5, 5.41) is 3.40. The van der Waals surface area contributed by atoms with Crippen LogP contribution in [0.3, 0.4) is 0 Å². The van der Waals surface area contributed by atoms with Crippen LogP contribution in [0.4, 0.5) is 10.3 Å². The van der Waals surface area contributed by atoms with Gasteiger partial charge in [0.25, 0.3) is 5.91 Å². The van der Waals surface area contributed by atoms with Crippen molar-refractivity contribution in [2.24, 2.45) is 0 Å². The normalized spacial score (nSPS) is 10.6. The molecule has 36 heavy (non-hydrogen) atoms. The van der Waals surface area contributed by atoms with E-state index < -0.39 is 17.6 Å². The smallest absolute Gasteiger partial charge is 0.257 e. The first-order valence-electron chi connectivity index (χ1n) is 11.2. The predicted octanol–water partition coefficient (Wildman–Crippen LogP) is 5.91. The van der Waals surface area contributed by atoms with Crippen molar-refractivity contribution in [1.29, 1.82) is 0 Å². The maximum absolute atomic E-state index is 14.2. The van der Waals surface area contributed by atoms with Gasteiger partial charge in [-0.3, -0.25) is 19.5 Å². The average molecular weight is 503 g/mol. The molecule has 0 radical (unpaired) electrons. The summed E-state index contributed by atoms with van der Waals surface area (Å²) in [6.45, 7) is 5.40. The Morgan fingerprint density at radius 1 is 1.08 bits per heavy atom. The fourth-order valence-electron chi connectivity index (χ4n) is 3.65. The molecule has 0 spiro atoms. The lowest BCUT2D eigenvalue weighted by Crippen LogP contribution is -2.38. The van der Waals surface area contributed by atoms with Gasteiger partial charge >= 0.3 is 0 Å². The van der Waals surface area contributed by atoms with Crippen LogP contribution in [0.5, 0.6) is 0 Å². The van der Waals surface area contributed by atoms with Gasteiger partial charge < -0.3 is 4.90 Å². The molecule has 6 nitrogen and oxygen atoms in total. The summed E-state index contributed by atoms with van der Waals surface area (Å²) in [4.78, 5) is 31.8. The number of imidazole rings is 1. The Labute approximate surface area is 213 Å². The minimum Gasteiger partial charge on any atom is -0.326 e. The van der Waals surface area contributed by atoms with Crippen LogP contribution in [0.2, 0.25) is 5.02 Å². The van der Waals surface area contributed by atoms with Crippen LogP contribution in [0.25, 0.3) is 16.9 Å². The molecule has 8 heteroatoms. The molecule has 1 aromatic heterocycles. The second-order valence-electron chi connectivity index (χ2n) is 8.16. The van der Waals surface area contributed by atoms with E-state index in [2.05, 4.69) is 16.9 Å². The van der Waals surface area contributed by atoms with Gasteiger partial charge in [0, 0.05) is 29.0 Å². The molecular formula is C28H24ClFN4O2. The van der Waals surface area contributed by atoms with Crippen LogP contribution in [0, 0.1) is 12.7 Å². The molecule has 0 unspecified atom stereocenters. The van der Waals surface area contributed by atoms with Crippen LogP contribution in [-0.2, 0) is 4.79 Å². The fourth-order valence-corrected chi connectivity index (χ4v) is 3.77. The van der Waals surface area contributed by atoms with Crippen molar-refractivity contribution in [1.82, 2.24) is 14.5 Å². The molecule has 0 fully saturated rings. The van der Waals surface area contributed by atoms with Gasteiger partial charge in [0.2, 0.25) is 11.9 Å². The number of hydrogen-bond donors (Lipinski definition) is 1. The van der Waals surface area contributed by atoms with Crippen LogP contribution < -0.4 is 5.32 Å². The SMILES string of the molecule is C=CCN(CC(=O)Nc1nc(-c2ccc(Cl)cc2)cn1-c1ccc(C)cc1)C(=O)c1ccccc1F. The summed E-state index contributed by atoms with van der Waals surface area (Å²) >= 11 is 6.02. The summed E-state index contributed by atoms with van der Waals surface area (Å²) in [5.41, 5.74) is 3.23. The number of aryl methyl sites for hydroxylation is 1. The van der Waals surface area contributed by atoms with Gasteiger partial charge in [-0.05, 0) is 43.3 Å². The molecule has 1 N–H and O–H groups in total. The summed E-state index contributed by atoms with van der Waals surface area (Å²) in [6, 6.07) is 20.6.